The van der Waals surface area contributed by atoms with Crippen molar-refractivity contribution in [1.82, 2.24) is 0 Å². The number of carbonyl (C=O) groups is 1. The molecule has 6 heteroatoms. The highest BCUT2D eigenvalue weighted by atomic mass is 32.2. The van der Waals surface area contributed by atoms with Gasteiger partial charge < -0.3 is 8.92 Å². The van der Waals surface area contributed by atoms with Gasteiger partial charge in [0.05, 0.1) is 6.08 Å². The fourth-order valence-corrected chi connectivity index (χ4v) is 2.98. The Bertz CT molecular complexity index is 1020. The molecule has 126 valence electrons. The van der Waals surface area contributed by atoms with Gasteiger partial charge in [-0.25, -0.2) is 4.79 Å². The Kier molecular flexibility index (Phi) is 4.81. The minimum Gasteiger partial charge on any atom is -0.423 e. The van der Waals surface area contributed by atoms with E-state index in [2.05, 4.69) is 4.18 Å². The molecule has 3 aromatic rings. The van der Waals surface area contributed by atoms with Crippen LogP contribution < -0.4 is 4.74 Å². The number of fused-ring (bicyclic) bond motifs is 1. The van der Waals surface area contributed by atoms with Crippen molar-refractivity contribution in [3.8, 4) is 5.75 Å². The van der Waals surface area contributed by atoms with Gasteiger partial charge in [-0.3, -0.25) is 0 Å². The van der Waals surface area contributed by atoms with E-state index in [1.54, 1.807) is 30.3 Å². The van der Waals surface area contributed by atoms with Crippen LogP contribution in [0.1, 0.15) is 0 Å². The number of ether oxygens (including phenoxy) is 1. The average Bonchev–Trinajstić information content (AvgIpc) is 2.62. The molecule has 0 atom stereocenters. The van der Waals surface area contributed by atoms with Crippen molar-refractivity contribution in [2.75, 3.05) is 0 Å². The summed E-state index contributed by atoms with van der Waals surface area (Å²) in [6, 6.07) is 20.5. The molecule has 0 N–H and O–H groups in total. The summed E-state index contributed by atoms with van der Waals surface area (Å²) in [5.74, 6) is -0.377. The number of hydrogen-bond donors (Lipinski definition) is 0. The van der Waals surface area contributed by atoms with Crippen LogP contribution in [-0.2, 0) is 19.1 Å². The first-order chi connectivity index (χ1) is 12.0. The van der Waals surface area contributed by atoms with Crippen LogP contribution in [0.15, 0.2) is 90.0 Å². The summed E-state index contributed by atoms with van der Waals surface area (Å²) in [7, 11) is -3.95. The van der Waals surface area contributed by atoms with Crippen LogP contribution >= 0.6 is 0 Å². The molecule has 3 aromatic carbocycles. The van der Waals surface area contributed by atoms with Crippen LogP contribution in [0.2, 0.25) is 0 Å². The molecule has 0 spiro atoms. The highest BCUT2D eigenvalue weighted by molar-refractivity contribution is 7.86. The summed E-state index contributed by atoms with van der Waals surface area (Å²) in [5, 5.41) is 1.95. The van der Waals surface area contributed by atoms with Crippen LogP contribution in [0.25, 0.3) is 10.8 Å². The monoisotopic (exact) mass is 354 g/mol. The second-order valence-corrected chi connectivity index (χ2v) is 6.67. The van der Waals surface area contributed by atoms with Gasteiger partial charge in [-0.2, -0.15) is 8.42 Å². The summed E-state index contributed by atoms with van der Waals surface area (Å²) in [6.07, 6.45) is 1.71. The van der Waals surface area contributed by atoms with E-state index in [9.17, 15) is 13.2 Å². The summed E-state index contributed by atoms with van der Waals surface area (Å²) in [4.78, 5) is 11.8. The van der Waals surface area contributed by atoms with Gasteiger partial charge in [0.25, 0.3) is 0 Å². The second kappa shape index (κ2) is 7.19. The van der Waals surface area contributed by atoms with Gasteiger partial charge in [-0.15, -0.1) is 0 Å². The highest BCUT2D eigenvalue weighted by Gasteiger charge is 2.13. The van der Waals surface area contributed by atoms with Crippen LogP contribution in [0.3, 0.4) is 0 Å². The van der Waals surface area contributed by atoms with E-state index in [4.69, 9.17) is 4.74 Å². The van der Waals surface area contributed by atoms with Gasteiger partial charge in [0.15, 0.2) is 0 Å². The molecule has 0 fully saturated rings. The molecule has 0 aliphatic heterocycles. The first-order valence-electron chi connectivity index (χ1n) is 7.40. The first-order valence-corrected chi connectivity index (χ1v) is 8.81. The molecule has 0 amide bonds. The summed E-state index contributed by atoms with van der Waals surface area (Å²) >= 11 is 0. The molecule has 0 saturated heterocycles. The molecule has 0 unspecified atom stereocenters. The molecule has 0 radical (unpaired) electrons. The number of hydrogen-bond acceptors (Lipinski definition) is 5. The average molecular weight is 354 g/mol. The third-order valence-electron chi connectivity index (χ3n) is 3.36. The van der Waals surface area contributed by atoms with Crippen molar-refractivity contribution in [1.29, 1.82) is 0 Å². The van der Waals surface area contributed by atoms with Gasteiger partial charge in [0, 0.05) is 0 Å². The van der Waals surface area contributed by atoms with Gasteiger partial charge in [-0.05, 0) is 35.0 Å². The molecule has 0 heterocycles. The highest BCUT2D eigenvalue weighted by Crippen LogP contribution is 2.20. The smallest absolute Gasteiger partial charge is 0.339 e. The van der Waals surface area contributed by atoms with Crippen LogP contribution in [0.4, 0.5) is 0 Å². The largest absolute Gasteiger partial charge is 0.423 e. The fraction of sp³-hybridized carbons (Fsp3) is 0. The number of esters is 1. The van der Waals surface area contributed by atoms with Crippen molar-refractivity contribution < 1.29 is 22.1 Å². The predicted molar refractivity (Wildman–Crippen MR) is 93.4 cm³/mol. The standard InChI is InChI=1S/C19H14O5S/c20-19(12-13-23-25(21,22)18-8-2-1-3-9-18)24-17-11-10-15-6-4-5-7-16(15)14-17/h1-14H/b13-12-. The van der Waals surface area contributed by atoms with E-state index < -0.39 is 16.1 Å². The molecule has 0 saturated carbocycles. The summed E-state index contributed by atoms with van der Waals surface area (Å²) in [5.41, 5.74) is 0. The second-order valence-electron chi connectivity index (χ2n) is 5.10. The molecule has 3 rings (SSSR count). The molecular weight excluding hydrogens is 340 g/mol. The molecule has 0 bridgehead atoms. The van der Waals surface area contributed by atoms with Gasteiger partial charge in [0.1, 0.15) is 16.9 Å². The van der Waals surface area contributed by atoms with E-state index in [0.29, 0.717) is 5.75 Å². The van der Waals surface area contributed by atoms with Crippen LogP contribution in [0, 0.1) is 0 Å². The minimum absolute atomic E-state index is 0.00236. The lowest BCUT2D eigenvalue weighted by Gasteiger charge is -2.04. The molecule has 0 aliphatic rings. The van der Waals surface area contributed by atoms with E-state index in [1.807, 2.05) is 30.3 Å². The SMILES string of the molecule is O=C(/C=C\OS(=O)(=O)c1ccccc1)Oc1ccc2ccccc2c1. The van der Waals surface area contributed by atoms with E-state index in [-0.39, 0.29) is 4.90 Å². The topological polar surface area (TPSA) is 69.7 Å². The number of benzene rings is 3. The zero-order chi connectivity index (χ0) is 17.7. The van der Waals surface area contributed by atoms with Gasteiger partial charge in [-0.1, -0.05) is 48.5 Å². The van der Waals surface area contributed by atoms with Gasteiger partial charge in [0.2, 0.25) is 0 Å². The third kappa shape index (κ3) is 4.24. The van der Waals surface area contributed by atoms with E-state index in [0.717, 1.165) is 23.1 Å². The Morgan fingerprint density at radius 1 is 0.840 bits per heavy atom. The maximum Gasteiger partial charge on any atom is 0.339 e. The Morgan fingerprint density at radius 2 is 1.52 bits per heavy atom. The molecule has 0 aromatic heterocycles. The Balaban J connectivity index is 1.64. The van der Waals surface area contributed by atoms with Crippen molar-refractivity contribution in [2.24, 2.45) is 0 Å². The van der Waals surface area contributed by atoms with Crippen molar-refractivity contribution in [3.05, 3.63) is 85.1 Å². The number of carbonyl (C=O) groups excluding carboxylic acids is 1. The Hall–Kier alpha value is -3.12. The quantitative estimate of drug-likeness (QED) is 0.230. The zero-order valence-corrected chi connectivity index (χ0v) is 13.8. The van der Waals surface area contributed by atoms with Crippen LogP contribution in [-0.4, -0.2) is 14.4 Å². The van der Waals surface area contributed by atoms with Crippen molar-refractivity contribution in [3.63, 3.8) is 0 Å². The first kappa shape index (κ1) is 16.7. The Labute approximate surface area is 145 Å². The third-order valence-corrected chi connectivity index (χ3v) is 4.57. The normalized spacial score (nSPS) is 11.5. The molecule has 5 nitrogen and oxygen atoms in total. The van der Waals surface area contributed by atoms with E-state index >= 15 is 0 Å². The van der Waals surface area contributed by atoms with Crippen LogP contribution in [0.5, 0.6) is 5.75 Å². The lowest BCUT2D eigenvalue weighted by Crippen LogP contribution is -2.06. The predicted octanol–water partition coefficient (Wildman–Crippen LogP) is 3.66. The maximum absolute atomic E-state index is 11.9. The summed E-state index contributed by atoms with van der Waals surface area (Å²) in [6.45, 7) is 0. The molecular formula is C19H14O5S. The lowest BCUT2D eigenvalue weighted by molar-refractivity contribution is -0.129. The zero-order valence-electron chi connectivity index (χ0n) is 13.0. The maximum atomic E-state index is 11.9. The Morgan fingerprint density at radius 3 is 2.28 bits per heavy atom. The molecule has 25 heavy (non-hydrogen) atoms. The lowest BCUT2D eigenvalue weighted by atomic mass is 10.1. The van der Waals surface area contributed by atoms with Crippen molar-refractivity contribution >= 4 is 26.9 Å². The van der Waals surface area contributed by atoms with Gasteiger partial charge >= 0.3 is 16.1 Å². The number of rotatable bonds is 5. The molecule has 0 aliphatic carbocycles. The van der Waals surface area contributed by atoms with E-state index in [1.165, 1.54) is 12.1 Å². The van der Waals surface area contributed by atoms with Crippen molar-refractivity contribution in [2.45, 2.75) is 4.90 Å². The summed E-state index contributed by atoms with van der Waals surface area (Å²) < 4.78 is 33.6. The minimum atomic E-state index is -3.95. The fourth-order valence-electron chi connectivity index (χ4n) is 2.18.